The van der Waals surface area contributed by atoms with Crippen LogP contribution >= 0.6 is 0 Å². The second-order valence-electron chi connectivity index (χ2n) is 5.37. The zero-order valence-corrected chi connectivity index (χ0v) is 13.7. The van der Waals surface area contributed by atoms with Gasteiger partial charge in [0.15, 0.2) is 0 Å². The maximum atomic E-state index is 12.6. The lowest BCUT2D eigenvalue weighted by Crippen LogP contribution is -2.44. The number of ether oxygens (including phenoxy) is 1. The van der Waals surface area contributed by atoms with Gasteiger partial charge in [0.05, 0.1) is 17.6 Å². The fourth-order valence-corrected chi connectivity index (χ4v) is 3.81. The van der Waals surface area contributed by atoms with Crippen LogP contribution in [0.25, 0.3) is 0 Å². The van der Waals surface area contributed by atoms with E-state index < -0.39 is 10.0 Å². The summed E-state index contributed by atoms with van der Waals surface area (Å²) in [4.78, 5) is 11.8. The molecule has 1 amide bonds. The molecule has 0 aliphatic carbocycles. The van der Waals surface area contributed by atoms with Crippen LogP contribution in [0, 0.1) is 0 Å². The zero-order valence-electron chi connectivity index (χ0n) is 12.9. The molecule has 0 radical (unpaired) electrons. The summed E-state index contributed by atoms with van der Waals surface area (Å²) in [6, 6.07) is 6.28. The third-order valence-corrected chi connectivity index (χ3v) is 5.34. The highest BCUT2D eigenvalue weighted by Gasteiger charge is 2.28. The Morgan fingerprint density at radius 2 is 2.05 bits per heavy atom. The molecule has 1 N–H and O–H groups in total. The third kappa shape index (κ3) is 4.06. The van der Waals surface area contributed by atoms with Gasteiger partial charge in [0, 0.05) is 25.2 Å². The van der Waals surface area contributed by atoms with Crippen LogP contribution in [-0.2, 0) is 19.6 Å². The second-order valence-corrected chi connectivity index (χ2v) is 7.30. The van der Waals surface area contributed by atoms with Crippen LogP contribution in [0.15, 0.2) is 29.2 Å². The molecule has 1 saturated heterocycles. The maximum Gasteiger partial charge on any atom is 0.243 e. The Labute approximate surface area is 131 Å². The molecule has 1 atom stereocenters. The van der Waals surface area contributed by atoms with Crippen LogP contribution in [0.4, 0.5) is 5.69 Å². The molecule has 1 fully saturated rings. The number of nitrogens with one attached hydrogen (secondary N) is 1. The standard InChI is InChI=1S/C15H22N2O4S/c1-3-4-15(18)16-13-5-7-14(8-6-13)22(19,20)17-9-10-21-12(2)11-17/h5-8,12H,3-4,9-11H2,1-2H3,(H,16,18). The highest BCUT2D eigenvalue weighted by atomic mass is 32.2. The summed E-state index contributed by atoms with van der Waals surface area (Å²) in [5.74, 6) is -0.0693. The van der Waals surface area contributed by atoms with Crippen LogP contribution < -0.4 is 5.32 Å². The Morgan fingerprint density at radius 3 is 2.64 bits per heavy atom. The van der Waals surface area contributed by atoms with Crippen molar-refractivity contribution in [1.29, 1.82) is 0 Å². The fraction of sp³-hybridized carbons (Fsp3) is 0.533. The first-order valence-corrected chi connectivity index (χ1v) is 8.89. The molecule has 6 nitrogen and oxygen atoms in total. The summed E-state index contributed by atoms with van der Waals surface area (Å²) in [6.07, 6.45) is 1.12. The molecule has 0 aromatic heterocycles. The smallest absolute Gasteiger partial charge is 0.243 e. The molecule has 0 saturated carbocycles. The second kappa shape index (κ2) is 7.21. The Hall–Kier alpha value is -1.44. The van der Waals surface area contributed by atoms with Gasteiger partial charge in [-0.15, -0.1) is 0 Å². The number of morpholine rings is 1. The van der Waals surface area contributed by atoms with Crippen molar-refractivity contribution >= 4 is 21.6 Å². The summed E-state index contributed by atoms with van der Waals surface area (Å²) in [7, 11) is -3.51. The van der Waals surface area contributed by atoms with Crippen LogP contribution in [0.3, 0.4) is 0 Å². The Bertz CT molecular complexity index is 613. The molecule has 1 aromatic rings. The number of sulfonamides is 1. The first-order chi connectivity index (χ1) is 10.4. The molecular weight excluding hydrogens is 304 g/mol. The lowest BCUT2D eigenvalue weighted by Gasteiger charge is -2.30. The van der Waals surface area contributed by atoms with Gasteiger partial charge in [-0.3, -0.25) is 4.79 Å². The van der Waals surface area contributed by atoms with Crippen molar-refractivity contribution in [2.75, 3.05) is 25.0 Å². The molecule has 22 heavy (non-hydrogen) atoms. The van der Waals surface area contributed by atoms with E-state index in [1.807, 2.05) is 13.8 Å². The quantitative estimate of drug-likeness (QED) is 0.896. The summed E-state index contributed by atoms with van der Waals surface area (Å²) >= 11 is 0. The molecule has 7 heteroatoms. The average Bonchev–Trinajstić information content (AvgIpc) is 2.48. The minimum absolute atomic E-state index is 0.0693. The Morgan fingerprint density at radius 1 is 1.36 bits per heavy atom. The lowest BCUT2D eigenvalue weighted by molar-refractivity contribution is -0.116. The predicted molar refractivity (Wildman–Crippen MR) is 84.2 cm³/mol. The van der Waals surface area contributed by atoms with Gasteiger partial charge in [-0.25, -0.2) is 8.42 Å². The normalized spacial score (nSPS) is 19.8. The van der Waals surface area contributed by atoms with Gasteiger partial charge in [0.2, 0.25) is 15.9 Å². The van der Waals surface area contributed by atoms with Crippen molar-refractivity contribution in [3.63, 3.8) is 0 Å². The number of anilines is 1. The third-order valence-electron chi connectivity index (χ3n) is 3.46. The van der Waals surface area contributed by atoms with E-state index in [1.165, 1.54) is 16.4 Å². The summed E-state index contributed by atoms with van der Waals surface area (Å²) in [5, 5.41) is 2.74. The van der Waals surface area contributed by atoms with Crippen LogP contribution in [0.2, 0.25) is 0 Å². The van der Waals surface area contributed by atoms with E-state index >= 15 is 0 Å². The van der Waals surface area contributed by atoms with E-state index in [-0.39, 0.29) is 16.9 Å². The number of benzene rings is 1. The molecule has 1 unspecified atom stereocenters. The van der Waals surface area contributed by atoms with E-state index in [4.69, 9.17) is 4.74 Å². The first kappa shape index (κ1) is 16.9. The largest absolute Gasteiger partial charge is 0.376 e. The van der Waals surface area contributed by atoms with Crippen molar-refractivity contribution in [2.45, 2.75) is 37.7 Å². The SMILES string of the molecule is CCCC(=O)Nc1ccc(S(=O)(=O)N2CCOC(C)C2)cc1. The van der Waals surface area contributed by atoms with E-state index in [9.17, 15) is 13.2 Å². The summed E-state index contributed by atoms with van der Waals surface area (Å²) in [5.41, 5.74) is 0.604. The van der Waals surface area contributed by atoms with Crippen LogP contribution in [0.5, 0.6) is 0 Å². The zero-order chi connectivity index (χ0) is 16.2. The number of amides is 1. The van der Waals surface area contributed by atoms with Gasteiger partial charge in [-0.05, 0) is 37.6 Å². The molecule has 2 rings (SSSR count). The highest BCUT2D eigenvalue weighted by molar-refractivity contribution is 7.89. The number of rotatable bonds is 5. The molecular formula is C15H22N2O4S. The van der Waals surface area contributed by atoms with Crippen molar-refractivity contribution in [3.05, 3.63) is 24.3 Å². The van der Waals surface area contributed by atoms with Crippen molar-refractivity contribution in [2.24, 2.45) is 0 Å². The summed E-state index contributed by atoms with van der Waals surface area (Å²) in [6.45, 7) is 4.91. The number of carbonyl (C=O) groups excluding carboxylic acids is 1. The molecule has 122 valence electrons. The molecule has 1 aliphatic rings. The molecule has 1 aliphatic heterocycles. The lowest BCUT2D eigenvalue weighted by atomic mass is 10.3. The monoisotopic (exact) mass is 326 g/mol. The van der Waals surface area contributed by atoms with Crippen molar-refractivity contribution in [1.82, 2.24) is 4.31 Å². The number of nitrogens with zero attached hydrogens (tertiary/aromatic N) is 1. The van der Waals surface area contributed by atoms with Gasteiger partial charge < -0.3 is 10.1 Å². The van der Waals surface area contributed by atoms with Crippen LogP contribution in [0.1, 0.15) is 26.7 Å². The highest BCUT2D eigenvalue weighted by Crippen LogP contribution is 2.20. The molecule has 1 aromatic carbocycles. The number of hydrogen-bond donors (Lipinski definition) is 1. The van der Waals surface area contributed by atoms with E-state index in [0.717, 1.165) is 6.42 Å². The summed E-state index contributed by atoms with van der Waals surface area (Å²) < 4.78 is 31.9. The number of carbonyl (C=O) groups is 1. The molecule has 0 bridgehead atoms. The minimum atomic E-state index is -3.51. The Balaban J connectivity index is 2.10. The maximum absolute atomic E-state index is 12.6. The number of hydrogen-bond acceptors (Lipinski definition) is 4. The first-order valence-electron chi connectivity index (χ1n) is 7.45. The topological polar surface area (TPSA) is 75.7 Å². The van der Waals surface area contributed by atoms with Crippen molar-refractivity contribution in [3.8, 4) is 0 Å². The van der Waals surface area contributed by atoms with E-state index in [1.54, 1.807) is 12.1 Å². The Kier molecular flexibility index (Phi) is 5.55. The van der Waals surface area contributed by atoms with E-state index in [2.05, 4.69) is 5.32 Å². The minimum Gasteiger partial charge on any atom is -0.376 e. The van der Waals surface area contributed by atoms with Crippen LogP contribution in [-0.4, -0.2) is 44.4 Å². The van der Waals surface area contributed by atoms with Gasteiger partial charge in [-0.1, -0.05) is 6.92 Å². The van der Waals surface area contributed by atoms with Gasteiger partial charge in [-0.2, -0.15) is 4.31 Å². The molecule has 1 heterocycles. The average molecular weight is 326 g/mol. The predicted octanol–water partition coefficient (Wildman–Crippen LogP) is 1.83. The van der Waals surface area contributed by atoms with Gasteiger partial charge in [0.25, 0.3) is 0 Å². The van der Waals surface area contributed by atoms with E-state index in [0.29, 0.717) is 31.8 Å². The van der Waals surface area contributed by atoms with Gasteiger partial charge >= 0.3 is 0 Å². The van der Waals surface area contributed by atoms with Gasteiger partial charge in [0.1, 0.15) is 0 Å². The molecule has 0 spiro atoms. The van der Waals surface area contributed by atoms with Crippen molar-refractivity contribution < 1.29 is 17.9 Å². The fourth-order valence-electron chi connectivity index (χ4n) is 2.31.